The highest BCUT2D eigenvalue weighted by Crippen LogP contribution is 2.41. The van der Waals surface area contributed by atoms with Crippen LogP contribution >= 0.6 is 0 Å². The van der Waals surface area contributed by atoms with Gasteiger partial charge >= 0.3 is 0 Å². The van der Waals surface area contributed by atoms with Gasteiger partial charge in [0.15, 0.2) is 5.82 Å². The van der Waals surface area contributed by atoms with Gasteiger partial charge < -0.3 is 35.3 Å². The van der Waals surface area contributed by atoms with Gasteiger partial charge in [0.1, 0.15) is 17.0 Å². The Labute approximate surface area is 261 Å². The molecular formula is C36H38N6O3. The van der Waals surface area contributed by atoms with Crippen LogP contribution in [0.25, 0.3) is 50.3 Å². The smallest absolute Gasteiger partial charge is 0.254 e. The van der Waals surface area contributed by atoms with Crippen LogP contribution in [0.4, 0.5) is 5.69 Å². The van der Waals surface area contributed by atoms with Gasteiger partial charge in [-0.2, -0.15) is 0 Å². The molecule has 0 radical (unpaired) electrons. The summed E-state index contributed by atoms with van der Waals surface area (Å²) in [5.41, 5.74) is 19.0. The second-order valence-corrected chi connectivity index (χ2v) is 13.0. The Morgan fingerprint density at radius 3 is 2.58 bits per heavy atom. The number of aliphatic hydroxyl groups excluding tert-OH is 1. The van der Waals surface area contributed by atoms with Crippen LogP contribution in [-0.2, 0) is 13.6 Å². The van der Waals surface area contributed by atoms with Crippen molar-refractivity contribution in [2.24, 2.45) is 24.6 Å². The summed E-state index contributed by atoms with van der Waals surface area (Å²) in [5, 5.41) is 11.4. The lowest BCUT2D eigenvalue weighted by molar-refractivity contribution is 0.0703. The summed E-state index contributed by atoms with van der Waals surface area (Å²) in [6.07, 6.45) is 7.04. The van der Waals surface area contributed by atoms with Gasteiger partial charge in [-0.1, -0.05) is 18.2 Å². The number of rotatable bonds is 7. The molecule has 2 unspecified atom stereocenters. The second-order valence-electron chi connectivity index (χ2n) is 13.0. The topological polar surface area (TPSA) is 125 Å². The lowest BCUT2D eigenvalue weighted by Gasteiger charge is -2.27. The predicted octanol–water partition coefficient (Wildman–Crippen LogP) is 6.30. The molecule has 1 saturated heterocycles. The largest absolute Gasteiger partial charge is 0.506 e. The van der Waals surface area contributed by atoms with Gasteiger partial charge in [0.05, 0.1) is 18.3 Å². The normalized spacial score (nSPS) is 19.7. The van der Waals surface area contributed by atoms with E-state index in [2.05, 4.69) is 38.3 Å². The second kappa shape index (κ2) is 10.3. The maximum absolute atomic E-state index is 13.7. The lowest BCUT2D eigenvalue weighted by atomic mass is 10.00. The zero-order chi connectivity index (χ0) is 31.0. The van der Waals surface area contributed by atoms with E-state index in [-0.39, 0.29) is 11.7 Å². The minimum absolute atomic E-state index is 0.0513. The molecule has 230 valence electrons. The number of hydrogen-bond acceptors (Lipinski definition) is 6. The number of imidazole rings is 1. The first-order valence-electron chi connectivity index (χ1n) is 15.8. The SMILES string of the molecule is COc1cc(C(=O)N2CC3CCC2C3)cc2nc(-c3cc4ccc(-c5ccc(N)c(/C(O)=C\N)c5)cc4n3CC3CC3)n(C)c12. The Morgan fingerprint density at radius 1 is 1.07 bits per heavy atom. The standard InChI is InChI=1S/C36H38N6O3/c1-40-34-29(13-25(16-33(34)45-2)36(44)41-19-21-5-9-26(41)11-21)39-35(40)31-15-24-7-6-23(14-30(24)42(31)18-20-3-4-20)22-8-10-28(38)27(12-22)32(43)17-37/h6-8,10,12-17,20-21,26,43H,3-5,9,11,18-19,37-38H2,1-2H3/b32-17+. The van der Waals surface area contributed by atoms with Crippen molar-refractivity contribution in [2.75, 3.05) is 19.4 Å². The highest BCUT2D eigenvalue weighted by molar-refractivity contribution is 6.00. The van der Waals surface area contributed by atoms with Crippen LogP contribution in [0.15, 0.2) is 60.8 Å². The third-order valence-electron chi connectivity index (χ3n) is 10.2. The molecule has 3 aliphatic rings. The van der Waals surface area contributed by atoms with Crippen LogP contribution in [0, 0.1) is 11.8 Å². The van der Waals surface area contributed by atoms with Crippen molar-refractivity contribution in [3.05, 3.63) is 71.9 Å². The van der Waals surface area contributed by atoms with Crippen molar-refractivity contribution < 1.29 is 14.6 Å². The van der Waals surface area contributed by atoms with Gasteiger partial charge in [0.25, 0.3) is 5.91 Å². The molecule has 0 spiro atoms. The highest BCUT2D eigenvalue weighted by atomic mass is 16.5. The van der Waals surface area contributed by atoms with Crippen molar-refractivity contribution in [3.8, 4) is 28.4 Å². The zero-order valence-corrected chi connectivity index (χ0v) is 25.7. The summed E-state index contributed by atoms with van der Waals surface area (Å²) >= 11 is 0. The Bertz CT molecular complexity index is 2030. The van der Waals surface area contributed by atoms with E-state index < -0.39 is 0 Å². The van der Waals surface area contributed by atoms with Crippen molar-refractivity contribution in [3.63, 3.8) is 0 Å². The van der Waals surface area contributed by atoms with Gasteiger partial charge in [0, 0.05) is 60.1 Å². The number of methoxy groups -OCH3 is 1. The fraction of sp³-hybridized carbons (Fsp3) is 0.333. The Hall–Kier alpha value is -4.92. The van der Waals surface area contributed by atoms with Gasteiger partial charge in [0.2, 0.25) is 0 Å². The van der Waals surface area contributed by atoms with Crippen molar-refractivity contribution in [1.82, 2.24) is 19.0 Å². The first-order chi connectivity index (χ1) is 21.8. The first-order valence-corrected chi connectivity index (χ1v) is 15.8. The van der Waals surface area contributed by atoms with E-state index >= 15 is 0 Å². The molecule has 2 aliphatic carbocycles. The minimum atomic E-state index is -0.0513. The number of hydrogen-bond donors (Lipinski definition) is 3. The summed E-state index contributed by atoms with van der Waals surface area (Å²) in [6, 6.07) is 18.4. The number of amides is 1. The minimum Gasteiger partial charge on any atom is -0.506 e. The van der Waals surface area contributed by atoms with Crippen LogP contribution in [0.2, 0.25) is 0 Å². The summed E-state index contributed by atoms with van der Waals surface area (Å²) in [7, 11) is 3.68. The molecule has 3 heterocycles. The number of aryl methyl sites for hydroxylation is 1. The molecule has 3 aromatic carbocycles. The molecule has 45 heavy (non-hydrogen) atoms. The van der Waals surface area contributed by atoms with Gasteiger partial charge in [-0.15, -0.1) is 0 Å². The number of carbonyl (C=O) groups is 1. The molecular weight excluding hydrogens is 564 g/mol. The average Bonchev–Trinajstić information content (AvgIpc) is 3.34. The van der Waals surface area contributed by atoms with Gasteiger partial charge in [-0.3, -0.25) is 4.79 Å². The van der Waals surface area contributed by atoms with Gasteiger partial charge in [-0.05, 0) is 91.5 Å². The molecule has 3 fully saturated rings. The number of anilines is 1. The van der Waals surface area contributed by atoms with E-state index in [1.165, 1.54) is 19.3 Å². The number of fused-ring (bicyclic) bond motifs is 4. The fourth-order valence-corrected chi connectivity index (χ4v) is 7.58. The summed E-state index contributed by atoms with van der Waals surface area (Å²) in [6.45, 7) is 1.75. The molecule has 2 saturated carbocycles. The number of piperidine rings is 1. The number of aromatic nitrogens is 3. The van der Waals surface area contributed by atoms with Crippen LogP contribution in [0.3, 0.4) is 0 Å². The first kappa shape index (κ1) is 27.6. The number of aliphatic hydroxyl groups is 1. The molecule has 1 aliphatic heterocycles. The van der Waals surface area contributed by atoms with E-state index in [1.807, 2.05) is 31.3 Å². The molecule has 1 amide bonds. The zero-order valence-electron chi connectivity index (χ0n) is 25.7. The Balaban J connectivity index is 1.24. The van der Waals surface area contributed by atoms with Crippen LogP contribution < -0.4 is 16.2 Å². The quantitative estimate of drug-likeness (QED) is 0.148. The van der Waals surface area contributed by atoms with Crippen molar-refractivity contribution in [2.45, 2.75) is 44.7 Å². The third kappa shape index (κ3) is 4.52. The number of nitrogens with two attached hydrogens (primary N) is 2. The predicted molar refractivity (Wildman–Crippen MR) is 178 cm³/mol. The molecule has 9 heteroatoms. The number of nitrogens with zero attached hydrogens (tertiary/aromatic N) is 4. The fourth-order valence-electron chi connectivity index (χ4n) is 7.58. The maximum atomic E-state index is 13.7. The number of benzene rings is 3. The molecule has 2 aromatic heterocycles. The van der Waals surface area contributed by atoms with Gasteiger partial charge in [-0.25, -0.2) is 4.98 Å². The summed E-state index contributed by atoms with van der Waals surface area (Å²) in [5.74, 6) is 2.77. The molecule has 5 aromatic rings. The van der Waals surface area contributed by atoms with E-state index in [1.54, 1.807) is 13.2 Å². The molecule has 2 bridgehead atoms. The summed E-state index contributed by atoms with van der Waals surface area (Å²) < 4.78 is 10.3. The third-order valence-corrected chi connectivity index (χ3v) is 10.2. The molecule has 9 nitrogen and oxygen atoms in total. The number of ether oxygens (including phenoxy) is 1. The van der Waals surface area contributed by atoms with Crippen LogP contribution in [-0.4, -0.2) is 49.7 Å². The van der Waals surface area contributed by atoms with E-state index in [4.69, 9.17) is 21.2 Å². The van der Waals surface area contributed by atoms with E-state index in [0.29, 0.717) is 40.4 Å². The average molecular weight is 603 g/mol. The van der Waals surface area contributed by atoms with Crippen LogP contribution in [0.1, 0.15) is 48.0 Å². The Morgan fingerprint density at radius 2 is 1.87 bits per heavy atom. The summed E-state index contributed by atoms with van der Waals surface area (Å²) in [4.78, 5) is 20.9. The number of nitrogen functional groups attached to an aromatic ring is 1. The number of carbonyl (C=O) groups excluding carboxylic acids is 1. The highest BCUT2D eigenvalue weighted by Gasteiger charge is 2.40. The van der Waals surface area contributed by atoms with E-state index in [9.17, 15) is 9.90 Å². The molecule has 8 rings (SSSR count). The molecule has 2 atom stereocenters. The number of likely N-dealkylation sites (tertiary alicyclic amines) is 1. The monoisotopic (exact) mass is 602 g/mol. The molecule has 5 N–H and O–H groups in total. The van der Waals surface area contributed by atoms with Crippen molar-refractivity contribution in [1.29, 1.82) is 0 Å². The van der Waals surface area contributed by atoms with Crippen molar-refractivity contribution >= 4 is 39.3 Å². The lowest BCUT2D eigenvalue weighted by Crippen LogP contribution is -2.37. The van der Waals surface area contributed by atoms with Crippen LogP contribution in [0.5, 0.6) is 5.75 Å². The maximum Gasteiger partial charge on any atom is 0.254 e. The van der Waals surface area contributed by atoms with E-state index in [0.717, 1.165) is 76.7 Å². The Kier molecular flexibility index (Phi) is 6.34.